The number of ether oxygens (including phenoxy) is 1. The molecule has 0 fully saturated rings. The molecule has 0 saturated carbocycles. The maximum absolute atomic E-state index is 8.79. The molecular weight excluding hydrogens is 202 g/mol. The molecule has 3 nitrogen and oxygen atoms in total. The first-order chi connectivity index (χ1) is 7.65. The summed E-state index contributed by atoms with van der Waals surface area (Å²) in [5.41, 5.74) is 7.08. The second kappa shape index (κ2) is 6.51. The van der Waals surface area contributed by atoms with Crippen molar-refractivity contribution in [3.05, 3.63) is 29.8 Å². The Morgan fingerprint density at radius 2 is 2.00 bits per heavy atom. The molecule has 0 spiro atoms. The summed E-state index contributed by atoms with van der Waals surface area (Å²) in [5, 5.41) is 8.79. The minimum atomic E-state index is -0.0675. The standard InChI is InChI=1S/C13H21NO2/c1-10(2)16-13-8-4-3-6-11(13)12(14)7-5-9-15/h3-4,6,8,10,12,15H,5,7,9,14H2,1-2H3/t12-/m1/s1. The summed E-state index contributed by atoms with van der Waals surface area (Å²) < 4.78 is 5.70. The number of nitrogens with two attached hydrogens (primary N) is 1. The minimum absolute atomic E-state index is 0.0675. The molecule has 0 radical (unpaired) electrons. The van der Waals surface area contributed by atoms with Crippen LogP contribution in [0.3, 0.4) is 0 Å². The van der Waals surface area contributed by atoms with Gasteiger partial charge in [-0.15, -0.1) is 0 Å². The van der Waals surface area contributed by atoms with E-state index in [1.165, 1.54) is 0 Å². The molecule has 1 atom stereocenters. The summed E-state index contributed by atoms with van der Waals surface area (Å²) in [6, 6.07) is 7.76. The summed E-state index contributed by atoms with van der Waals surface area (Å²) in [4.78, 5) is 0. The lowest BCUT2D eigenvalue weighted by Gasteiger charge is -2.18. The van der Waals surface area contributed by atoms with E-state index in [0.717, 1.165) is 24.2 Å². The van der Waals surface area contributed by atoms with Crippen LogP contribution in [0.5, 0.6) is 5.75 Å². The summed E-state index contributed by atoms with van der Waals surface area (Å²) in [6.45, 7) is 4.17. The van der Waals surface area contributed by atoms with Crippen LogP contribution in [0.1, 0.15) is 38.3 Å². The topological polar surface area (TPSA) is 55.5 Å². The lowest BCUT2D eigenvalue weighted by molar-refractivity contribution is 0.237. The molecule has 1 aromatic rings. The molecule has 3 heteroatoms. The van der Waals surface area contributed by atoms with E-state index < -0.39 is 0 Å². The molecule has 16 heavy (non-hydrogen) atoms. The van der Waals surface area contributed by atoms with Gasteiger partial charge in [-0.3, -0.25) is 0 Å². The Bertz CT molecular complexity index is 313. The van der Waals surface area contributed by atoms with Crippen LogP contribution < -0.4 is 10.5 Å². The van der Waals surface area contributed by atoms with E-state index in [-0.39, 0.29) is 18.8 Å². The largest absolute Gasteiger partial charge is 0.491 e. The molecule has 1 aromatic carbocycles. The number of aliphatic hydroxyl groups is 1. The quantitative estimate of drug-likeness (QED) is 0.777. The second-order valence-corrected chi connectivity index (χ2v) is 4.18. The van der Waals surface area contributed by atoms with E-state index in [0.29, 0.717) is 0 Å². The van der Waals surface area contributed by atoms with E-state index in [1.807, 2.05) is 38.1 Å². The molecule has 0 aliphatic carbocycles. The van der Waals surface area contributed by atoms with Crippen molar-refractivity contribution in [1.29, 1.82) is 0 Å². The van der Waals surface area contributed by atoms with Gasteiger partial charge in [-0.05, 0) is 32.8 Å². The van der Waals surface area contributed by atoms with Gasteiger partial charge >= 0.3 is 0 Å². The van der Waals surface area contributed by atoms with Crippen LogP contribution >= 0.6 is 0 Å². The highest BCUT2D eigenvalue weighted by molar-refractivity contribution is 5.35. The third-order valence-electron chi connectivity index (χ3n) is 2.35. The molecule has 1 rings (SSSR count). The van der Waals surface area contributed by atoms with E-state index in [1.54, 1.807) is 0 Å². The molecule has 3 N–H and O–H groups in total. The molecule has 0 aliphatic heterocycles. The van der Waals surface area contributed by atoms with Gasteiger partial charge in [-0.25, -0.2) is 0 Å². The van der Waals surface area contributed by atoms with Crippen LogP contribution in [0.15, 0.2) is 24.3 Å². The molecule has 0 aromatic heterocycles. The van der Waals surface area contributed by atoms with Gasteiger partial charge in [-0.1, -0.05) is 18.2 Å². The van der Waals surface area contributed by atoms with Gasteiger partial charge in [0.05, 0.1) is 6.10 Å². The summed E-state index contributed by atoms with van der Waals surface area (Å²) >= 11 is 0. The molecule has 0 bridgehead atoms. The van der Waals surface area contributed by atoms with Gasteiger partial charge in [0.1, 0.15) is 5.75 Å². The van der Waals surface area contributed by atoms with Crippen molar-refractivity contribution >= 4 is 0 Å². The first-order valence-electron chi connectivity index (χ1n) is 5.77. The summed E-state index contributed by atoms with van der Waals surface area (Å²) in [5.74, 6) is 0.850. The normalized spacial score (nSPS) is 12.8. The maximum Gasteiger partial charge on any atom is 0.124 e. The van der Waals surface area contributed by atoms with Gasteiger partial charge in [0.2, 0.25) is 0 Å². The maximum atomic E-state index is 8.79. The molecule has 90 valence electrons. The Hall–Kier alpha value is -1.06. The van der Waals surface area contributed by atoms with Crippen molar-refractivity contribution in [2.45, 2.75) is 38.8 Å². The van der Waals surface area contributed by atoms with Crippen LogP contribution in [0.4, 0.5) is 0 Å². The number of para-hydroxylation sites is 1. The Morgan fingerprint density at radius 1 is 1.31 bits per heavy atom. The minimum Gasteiger partial charge on any atom is -0.491 e. The fraction of sp³-hybridized carbons (Fsp3) is 0.538. The van der Waals surface area contributed by atoms with Crippen LogP contribution in [0.2, 0.25) is 0 Å². The smallest absolute Gasteiger partial charge is 0.124 e. The highest BCUT2D eigenvalue weighted by Crippen LogP contribution is 2.26. The van der Waals surface area contributed by atoms with Gasteiger partial charge < -0.3 is 15.6 Å². The third-order valence-corrected chi connectivity index (χ3v) is 2.35. The van der Waals surface area contributed by atoms with Crippen molar-refractivity contribution in [3.8, 4) is 5.75 Å². The van der Waals surface area contributed by atoms with Crippen molar-refractivity contribution in [2.75, 3.05) is 6.61 Å². The predicted octanol–water partition coefficient (Wildman–Crippen LogP) is 2.25. The number of benzene rings is 1. The van der Waals surface area contributed by atoms with Crippen LogP contribution in [0.25, 0.3) is 0 Å². The molecule has 0 heterocycles. The van der Waals surface area contributed by atoms with Crippen LogP contribution in [-0.4, -0.2) is 17.8 Å². The van der Waals surface area contributed by atoms with E-state index in [2.05, 4.69) is 0 Å². The number of hydrogen-bond donors (Lipinski definition) is 2. The molecule has 0 saturated heterocycles. The van der Waals surface area contributed by atoms with Crippen molar-refractivity contribution in [3.63, 3.8) is 0 Å². The monoisotopic (exact) mass is 223 g/mol. The lowest BCUT2D eigenvalue weighted by Crippen LogP contribution is -2.14. The van der Waals surface area contributed by atoms with E-state index in [4.69, 9.17) is 15.6 Å². The molecule has 0 amide bonds. The fourth-order valence-corrected chi connectivity index (χ4v) is 1.61. The first-order valence-corrected chi connectivity index (χ1v) is 5.77. The average Bonchev–Trinajstić information content (AvgIpc) is 2.26. The van der Waals surface area contributed by atoms with Crippen molar-refractivity contribution in [2.24, 2.45) is 5.73 Å². The highest BCUT2D eigenvalue weighted by atomic mass is 16.5. The van der Waals surface area contributed by atoms with E-state index in [9.17, 15) is 0 Å². The van der Waals surface area contributed by atoms with Crippen LogP contribution in [-0.2, 0) is 0 Å². The molecule has 0 aliphatic rings. The van der Waals surface area contributed by atoms with E-state index >= 15 is 0 Å². The Balaban J connectivity index is 2.76. The van der Waals surface area contributed by atoms with Gasteiger partial charge in [0.15, 0.2) is 0 Å². The zero-order valence-corrected chi connectivity index (χ0v) is 10.0. The highest BCUT2D eigenvalue weighted by Gasteiger charge is 2.12. The SMILES string of the molecule is CC(C)Oc1ccccc1[C@H](N)CCCO. The summed E-state index contributed by atoms with van der Waals surface area (Å²) in [7, 11) is 0. The second-order valence-electron chi connectivity index (χ2n) is 4.18. The summed E-state index contributed by atoms with van der Waals surface area (Å²) in [6.07, 6.45) is 1.64. The van der Waals surface area contributed by atoms with Gasteiger partial charge in [0, 0.05) is 18.2 Å². The van der Waals surface area contributed by atoms with Crippen molar-refractivity contribution in [1.82, 2.24) is 0 Å². The third kappa shape index (κ3) is 3.83. The number of hydrogen-bond acceptors (Lipinski definition) is 3. The van der Waals surface area contributed by atoms with Crippen molar-refractivity contribution < 1.29 is 9.84 Å². The average molecular weight is 223 g/mol. The molecule has 0 unspecified atom stereocenters. The van der Waals surface area contributed by atoms with Gasteiger partial charge in [0.25, 0.3) is 0 Å². The Labute approximate surface area is 97.2 Å². The Morgan fingerprint density at radius 3 is 2.62 bits per heavy atom. The zero-order valence-electron chi connectivity index (χ0n) is 10.0. The Kier molecular flexibility index (Phi) is 5.29. The lowest BCUT2D eigenvalue weighted by atomic mass is 10.0. The number of rotatable bonds is 6. The predicted molar refractivity (Wildman–Crippen MR) is 65.5 cm³/mol. The van der Waals surface area contributed by atoms with Gasteiger partial charge in [-0.2, -0.15) is 0 Å². The first kappa shape index (κ1) is 13.0. The fourth-order valence-electron chi connectivity index (χ4n) is 1.61. The molecular formula is C13H21NO2. The zero-order chi connectivity index (χ0) is 12.0. The van der Waals surface area contributed by atoms with Crippen LogP contribution in [0, 0.1) is 0 Å². The number of aliphatic hydroxyl groups excluding tert-OH is 1.